The van der Waals surface area contributed by atoms with Crippen LogP contribution in [0.5, 0.6) is 0 Å². The van der Waals surface area contributed by atoms with E-state index in [1.54, 1.807) is 0 Å². The van der Waals surface area contributed by atoms with Crippen molar-refractivity contribution < 1.29 is 22.3 Å². The monoisotopic (exact) mass is 174 g/mol. The molecule has 0 fully saturated rings. The Bertz CT molecular complexity index is 80.7. The van der Waals surface area contributed by atoms with Crippen molar-refractivity contribution in [2.75, 3.05) is 13.3 Å². The van der Waals surface area contributed by atoms with Crippen molar-refractivity contribution in [2.24, 2.45) is 0 Å². The Morgan fingerprint density at radius 1 is 0.909 bits per heavy atom. The van der Waals surface area contributed by atoms with Crippen LogP contribution < -0.4 is 0 Å². The van der Waals surface area contributed by atoms with E-state index >= 15 is 0 Å². The average molecular weight is 174 g/mol. The predicted octanol–water partition coefficient (Wildman–Crippen LogP) is 2.31. The van der Waals surface area contributed by atoms with Crippen LogP contribution in [0.1, 0.15) is 12.8 Å². The van der Waals surface area contributed by atoms with Crippen molar-refractivity contribution in [3.8, 4) is 0 Å². The summed E-state index contributed by atoms with van der Waals surface area (Å²) in [6.45, 7) is -1.83. The molecule has 0 aromatic rings. The van der Waals surface area contributed by atoms with Crippen LogP contribution in [0.3, 0.4) is 0 Å². The van der Waals surface area contributed by atoms with E-state index in [4.69, 9.17) is 0 Å². The van der Waals surface area contributed by atoms with Gasteiger partial charge in [-0.05, 0) is 0 Å². The van der Waals surface area contributed by atoms with Gasteiger partial charge in [-0.2, -0.15) is 0 Å². The molecule has 0 bridgehead atoms. The molecule has 0 rings (SSSR count). The van der Waals surface area contributed by atoms with Gasteiger partial charge in [0.05, 0.1) is 13.3 Å². The number of hydrogen-bond donors (Lipinski definition) is 0. The molecule has 5 heteroatoms. The third-order valence-corrected chi connectivity index (χ3v) is 0.967. The molecule has 0 aromatic heterocycles. The highest BCUT2D eigenvalue weighted by Crippen LogP contribution is 2.08. The van der Waals surface area contributed by atoms with Gasteiger partial charge in [-0.3, -0.25) is 8.78 Å². The quantitative estimate of drug-likeness (QED) is 0.561. The Balaban J connectivity index is 3.32. The highest BCUT2D eigenvalue weighted by molar-refractivity contribution is 4.45. The molecule has 2 unspecified atom stereocenters. The molecule has 0 saturated heterocycles. The Morgan fingerprint density at radius 3 is 1.55 bits per heavy atom. The van der Waals surface area contributed by atoms with Crippen LogP contribution in [0.25, 0.3) is 0 Å². The first-order valence-electron chi connectivity index (χ1n) is 3.26. The third kappa shape index (κ3) is 6.09. The van der Waals surface area contributed by atoms with Crippen LogP contribution in [-0.2, 0) is 4.74 Å². The summed E-state index contributed by atoms with van der Waals surface area (Å²) in [5.74, 6) is 0. The number of alkyl halides is 4. The lowest BCUT2D eigenvalue weighted by atomic mass is 10.4. The van der Waals surface area contributed by atoms with Gasteiger partial charge in [0.15, 0.2) is 0 Å². The van der Waals surface area contributed by atoms with Crippen molar-refractivity contribution >= 4 is 0 Å². The minimum Gasteiger partial charge on any atom is -0.314 e. The van der Waals surface area contributed by atoms with Gasteiger partial charge >= 0.3 is 0 Å². The van der Waals surface area contributed by atoms with Crippen molar-refractivity contribution in [1.29, 1.82) is 0 Å². The zero-order valence-electron chi connectivity index (χ0n) is 5.90. The van der Waals surface area contributed by atoms with Crippen molar-refractivity contribution in [3.05, 3.63) is 0 Å². The molecule has 0 aliphatic heterocycles. The van der Waals surface area contributed by atoms with Gasteiger partial charge in [0.1, 0.15) is 0 Å². The lowest BCUT2D eigenvalue weighted by Crippen LogP contribution is -2.15. The second-order valence-electron chi connectivity index (χ2n) is 1.91. The summed E-state index contributed by atoms with van der Waals surface area (Å²) < 4.78 is 50.9. The fraction of sp³-hybridized carbons (Fsp3) is 1.00. The van der Waals surface area contributed by atoms with Gasteiger partial charge in [0.2, 0.25) is 12.7 Å². The minimum atomic E-state index is -1.97. The second kappa shape index (κ2) is 6.39. The van der Waals surface area contributed by atoms with E-state index in [1.807, 2.05) is 0 Å². The summed E-state index contributed by atoms with van der Waals surface area (Å²) in [5.41, 5.74) is 0. The Labute approximate surface area is 62.3 Å². The molecule has 0 aromatic carbocycles. The van der Waals surface area contributed by atoms with Crippen molar-refractivity contribution in [1.82, 2.24) is 0 Å². The first kappa shape index (κ1) is 10.7. The Morgan fingerprint density at radius 2 is 1.27 bits per heavy atom. The molecule has 11 heavy (non-hydrogen) atoms. The zero-order valence-corrected chi connectivity index (χ0v) is 5.90. The first-order valence-corrected chi connectivity index (χ1v) is 3.26. The average Bonchev–Trinajstić information content (AvgIpc) is 1.87. The summed E-state index contributed by atoms with van der Waals surface area (Å²) >= 11 is 0. The van der Waals surface area contributed by atoms with Gasteiger partial charge < -0.3 is 4.74 Å². The van der Waals surface area contributed by atoms with Gasteiger partial charge in [-0.1, -0.05) is 0 Å². The molecule has 0 N–H and O–H groups in total. The van der Waals surface area contributed by atoms with E-state index < -0.39 is 38.9 Å². The van der Waals surface area contributed by atoms with Gasteiger partial charge in [-0.15, -0.1) is 0 Å². The summed E-state index contributed by atoms with van der Waals surface area (Å²) in [6.07, 6.45) is -4.96. The number of rotatable bonds is 6. The third-order valence-electron chi connectivity index (χ3n) is 0.967. The molecular formula is C6H10F4O. The molecule has 0 heterocycles. The maximum Gasteiger partial charge on any atom is 0.204 e. The predicted molar refractivity (Wildman–Crippen MR) is 32.1 cm³/mol. The molecule has 1 nitrogen and oxygen atoms in total. The molecule has 0 aliphatic carbocycles. The van der Waals surface area contributed by atoms with Crippen LogP contribution in [0.4, 0.5) is 17.6 Å². The van der Waals surface area contributed by atoms with E-state index in [2.05, 4.69) is 4.74 Å². The van der Waals surface area contributed by atoms with Crippen LogP contribution in [0, 0.1) is 0 Å². The summed E-state index contributed by atoms with van der Waals surface area (Å²) in [4.78, 5) is 0. The number of ether oxygens (including phenoxy) is 1. The molecule has 0 amide bonds. The summed E-state index contributed by atoms with van der Waals surface area (Å²) in [6, 6.07) is 0. The SMILES string of the molecule is FCCC(F)OC(F)CCF. The van der Waals surface area contributed by atoms with Crippen molar-refractivity contribution in [2.45, 2.75) is 25.6 Å². The highest BCUT2D eigenvalue weighted by Gasteiger charge is 2.13. The van der Waals surface area contributed by atoms with Gasteiger partial charge in [-0.25, -0.2) is 8.78 Å². The molecule has 0 spiro atoms. The molecule has 0 aliphatic rings. The standard InChI is InChI=1S/C6H10F4O/c7-3-1-5(9)11-6(10)2-4-8/h5-6H,1-4H2. The van der Waals surface area contributed by atoms with Crippen LogP contribution in [-0.4, -0.2) is 26.1 Å². The molecule has 68 valence electrons. The lowest BCUT2D eigenvalue weighted by Gasteiger charge is -2.10. The first-order chi connectivity index (χ1) is 5.20. The Hall–Kier alpha value is -0.320. The minimum absolute atomic E-state index is 0.507. The van der Waals surface area contributed by atoms with Gasteiger partial charge in [0, 0.05) is 12.8 Å². The van der Waals surface area contributed by atoms with Crippen molar-refractivity contribution in [3.63, 3.8) is 0 Å². The molecule has 0 saturated carbocycles. The van der Waals surface area contributed by atoms with E-state index in [9.17, 15) is 17.6 Å². The highest BCUT2D eigenvalue weighted by atomic mass is 19.2. The number of hydrogen-bond acceptors (Lipinski definition) is 1. The largest absolute Gasteiger partial charge is 0.314 e. The van der Waals surface area contributed by atoms with E-state index in [-0.39, 0.29) is 0 Å². The van der Waals surface area contributed by atoms with Crippen LogP contribution in [0.2, 0.25) is 0 Å². The van der Waals surface area contributed by atoms with Crippen LogP contribution in [0.15, 0.2) is 0 Å². The Kier molecular flexibility index (Phi) is 6.21. The molecule has 0 radical (unpaired) electrons. The van der Waals surface area contributed by atoms with Crippen LogP contribution >= 0.6 is 0 Å². The molecular weight excluding hydrogens is 164 g/mol. The fourth-order valence-electron chi connectivity index (χ4n) is 0.468. The zero-order chi connectivity index (χ0) is 8.69. The maximum atomic E-state index is 12.2. The second-order valence-corrected chi connectivity index (χ2v) is 1.91. The fourth-order valence-corrected chi connectivity index (χ4v) is 0.468. The van der Waals surface area contributed by atoms with E-state index in [0.717, 1.165) is 0 Å². The van der Waals surface area contributed by atoms with E-state index in [0.29, 0.717) is 0 Å². The van der Waals surface area contributed by atoms with Gasteiger partial charge in [0.25, 0.3) is 0 Å². The summed E-state index contributed by atoms with van der Waals surface area (Å²) in [7, 11) is 0. The van der Waals surface area contributed by atoms with E-state index in [1.165, 1.54) is 0 Å². The lowest BCUT2D eigenvalue weighted by molar-refractivity contribution is -0.146. The summed E-state index contributed by atoms with van der Waals surface area (Å²) in [5, 5.41) is 0. The normalized spacial score (nSPS) is 16.4. The molecule has 2 atom stereocenters. The topological polar surface area (TPSA) is 9.23 Å². The number of halogens is 4. The maximum absolute atomic E-state index is 12.2. The smallest absolute Gasteiger partial charge is 0.204 e.